The number of nitrogens with one attached hydrogen (secondary N) is 1. The van der Waals surface area contributed by atoms with Gasteiger partial charge in [-0.05, 0) is 36.6 Å². The van der Waals surface area contributed by atoms with Crippen LogP contribution in [0.2, 0.25) is 0 Å². The Balaban J connectivity index is 1.23. The van der Waals surface area contributed by atoms with Gasteiger partial charge in [0, 0.05) is 36.7 Å². The minimum atomic E-state index is -2.52. The predicted octanol–water partition coefficient (Wildman–Crippen LogP) is 3.10. The van der Waals surface area contributed by atoms with Crippen molar-refractivity contribution in [1.82, 2.24) is 20.3 Å². The minimum Gasteiger partial charge on any atom is -0.372 e. The molecule has 2 aliphatic heterocycles. The molecule has 0 bridgehead atoms. The highest BCUT2D eigenvalue weighted by atomic mass is 19.2. The summed E-state index contributed by atoms with van der Waals surface area (Å²) in [6.45, 7) is 1.14. The van der Waals surface area contributed by atoms with Crippen molar-refractivity contribution in [2.24, 2.45) is 5.92 Å². The molecule has 1 unspecified atom stereocenters. The molecule has 0 saturated carbocycles. The molecule has 2 N–H and O–H groups in total. The van der Waals surface area contributed by atoms with Crippen LogP contribution in [0, 0.1) is 35.0 Å². The fraction of sp³-hybridized carbons (Fsp3) is 0.385. The number of hydrogen-bond acceptors (Lipinski definition) is 6. The lowest BCUT2D eigenvalue weighted by Crippen LogP contribution is -2.52. The number of carbonyl (C=O) groups excluding carboxylic acids is 2. The number of amides is 2. The van der Waals surface area contributed by atoms with Crippen molar-refractivity contribution in [3.05, 3.63) is 76.7 Å². The molecule has 212 valence electrons. The molecule has 0 radical (unpaired) electrons. The summed E-state index contributed by atoms with van der Waals surface area (Å²) in [5.41, 5.74) is -2.90. The number of rotatable bonds is 6. The molecule has 40 heavy (non-hydrogen) atoms. The number of carbonyl (C=O) groups is 2. The fourth-order valence-electron chi connectivity index (χ4n) is 5.05. The Kier molecular flexibility index (Phi) is 7.31. The van der Waals surface area contributed by atoms with Crippen molar-refractivity contribution < 1.29 is 41.4 Å². The lowest BCUT2D eigenvalue weighted by molar-refractivity contribution is -0.149. The first-order valence-electron chi connectivity index (χ1n) is 12.4. The summed E-state index contributed by atoms with van der Waals surface area (Å²) in [6, 6.07) is 3.82. The third kappa shape index (κ3) is 5.04. The maximum atomic E-state index is 14.3. The second kappa shape index (κ2) is 10.6. The van der Waals surface area contributed by atoms with Gasteiger partial charge in [-0.15, -0.1) is 5.10 Å². The van der Waals surface area contributed by atoms with Gasteiger partial charge in [0.15, 0.2) is 17.5 Å². The SMILES string of the molecule is C[C@H]1C[C@@H](n2ncc(N3CCC(O)(C(=O)NCc4cc(F)cc(F)c4F)C3=O)n2)CO[C@@H]1c1cc(F)ccc1F. The molecule has 4 atom stereocenters. The summed E-state index contributed by atoms with van der Waals surface area (Å²) in [5, 5.41) is 21.4. The quantitative estimate of drug-likeness (QED) is 0.270. The van der Waals surface area contributed by atoms with Gasteiger partial charge in [-0.25, -0.2) is 22.0 Å². The van der Waals surface area contributed by atoms with Crippen LogP contribution in [0.1, 0.15) is 43.0 Å². The van der Waals surface area contributed by atoms with Gasteiger partial charge in [-0.2, -0.15) is 9.90 Å². The normalized spacial score (nSPS) is 24.9. The molecule has 2 saturated heterocycles. The van der Waals surface area contributed by atoms with E-state index in [0.717, 1.165) is 23.1 Å². The van der Waals surface area contributed by atoms with Crippen LogP contribution in [0.4, 0.5) is 27.8 Å². The van der Waals surface area contributed by atoms with Crippen molar-refractivity contribution in [3.8, 4) is 0 Å². The number of aliphatic hydroxyl groups is 1. The first-order chi connectivity index (χ1) is 19.0. The zero-order chi connectivity index (χ0) is 28.8. The van der Waals surface area contributed by atoms with Gasteiger partial charge < -0.3 is 15.2 Å². The van der Waals surface area contributed by atoms with Crippen LogP contribution >= 0.6 is 0 Å². The van der Waals surface area contributed by atoms with E-state index >= 15 is 0 Å². The summed E-state index contributed by atoms with van der Waals surface area (Å²) in [6.07, 6.45) is 0.726. The van der Waals surface area contributed by atoms with Gasteiger partial charge in [-0.3, -0.25) is 14.5 Å². The van der Waals surface area contributed by atoms with Crippen LogP contribution in [0.3, 0.4) is 0 Å². The minimum absolute atomic E-state index is 0.0536. The van der Waals surface area contributed by atoms with Crippen LogP contribution in [0.25, 0.3) is 0 Å². The Bertz CT molecular complexity index is 1470. The van der Waals surface area contributed by atoms with Gasteiger partial charge in [-0.1, -0.05) is 6.92 Å². The van der Waals surface area contributed by atoms with Gasteiger partial charge in [0.25, 0.3) is 11.8 Å². The van der Waals surface area contributed by atoms with Crippen LogP contribution < -0.4 is 10.2 Å². The smallest absolute Gasteiger partial charge is 0.270 e. The van der Waals surface area contributed by atoms with E-state index in [9.17, 15) is 36.6 Å². The van der Waals surface area contributed by atoms with Gasteiger partial charge in [0.05, 0.1) is 24.9 Å². The fourth-order valence-corrected chi connectivity index (χ4v) is 5.05. The van der Waals surface area contributed by atoms with Crippen LogP contribution in [0.15, 0.2) is 36.5 Å². The maximum absolute atomic E-state index is 14.3. The van der Waals surface area contributed by atoms with Gasteiger partial charge in [0.2, 0.25) is 5.60 Å². The molecule has 3 aromatic rings. The summed E-state index contributed by atoms with van der Waals surface area (Å²) >= 11 is 0. The molecule has 2 fully saturated rings. The largest absolute Gasteiger partial charge is 0.372 e. The molecule has 1 aromatic heterocycles. The Morgan fingerprint density at radius 1 is 1.15 bits per heavy atom. The Labute approximate surface area is 224 Å². The van der Waals surface area contributed by atoms with Crippen molar-refractivity contribution in [2.75, 3.05) is 18.1 Å². The number of hydrogen-bond donors (Lipinski definition) is 2. The Morgan fingerprint density at radius 2 is 1.93 bits per heavy atom. The maximum Gasteiger partial charge on any atom is 0.270 e. The topological polar surface area (TPSA) is 110 Å². The molecular weight excluding hydrogens is 541 g/mol. The highest BCUT2D eigenvalue weighted by Gasteiger charge is 2.52. The van der Waals surface area contributed by atoms with Gasteiger partial charge >= 0.3 is 0 Å². The summed E-state index contributed by atoms with van der Waals surface area (Å²) in [5.74, 6) is -7.36. The average Bonchev–Trinajstić information content (AvgIpc) is 3.52. The molecule has 14 heteroatoms. The zero-order valence-corrected chi connectivity index (χ0v) is 21.1. The van der Waals surface area contributed by atoms with Crippen molar-refractivity contribution in [3.63, 3.8) is 0 Å². The van der Waals surface area contributed by atoms with E-state index in [4.69, 9.17) is 4.74 Å². The summed E-state index contributed by atoms with van der Waals surface area (Å²) < 4.78 is 74.5. The number of ether oxygens (including phenoxy) is 1. The Morgan fingerprint density at radius 3 is 2.67 bits per heavy atom. The first kappa shape index (κ1) is 27.6. The first-order valence-corrected chi connectivity index (χ1v) is 12.4. The number of anilines is 1. The van der Waals surface area contributed by atoms with E-state index < -0.39 is 70.8 Å². The number of nitrogens with zero attached hydrogens (tertiary/aromatic N) is 4. The average molecular weight is 565 g/mol. The molecule has 5 rings (SSSR count). The highest BCUT2D eigenvalue weighted by Crippen LogP contribution is 2.38. The van der Waals surface area contributed by atoms with Crippen LogP contribution in [0.5, 0.6) is 0 Å². The van der Waals surface area contributed by atoms with Crippen LogP contribution in [-0.2, 0) is 20.9 Å². The monoisotopic (exact) mass is 565 g/mol. The zero-order valence-electron chi connectivity index (χ0n) is 21.1. The summed E-state index contributed by atoms with van der Waals surface area (Å²) in [4.78, 5) is 28.0. The number of aromatic nitrogens is 3. The number of benzene rings is 2. The molecule has 2 aromatic carbocycles. The van der Waals surface area contributed by atoms with Crippen molar-refractivity contribution >= 4 is 17.6 Å². The molecule has 2 aliphatic rings. The molecular formula is C26H24F5N5O4. The number of halogens is 5. The van der Waals surface area contributed by atoms with E-state index in [-0.39, 0.29) is 36.9 Å². The standard InChI is InChI=1S/C26H24F5N5O4/c1-13-6-17(12-40-23(13)18-8-15(27)2-3-19(18)29)36-33-11-21(34-36)35-5-4-26(39,25(35)38)24(37)32-10-14-7-16(28)9-20(30)22(14)31/h2-3,7-9,11,13,17,23,39H,4-6,10,12H2,1H3,(H,32,37)/t13-,17+,23-,26?/m0/s1. The van der Waals surface area contributed by atoms with Crippen molar-refractivity contribution in [2.45, 2.75) is 44.1 Å². The van der Waals surface area contributed by atoms with E-state index in [1.165, 1.54) is 11.0 Å². The summed E-state index contributed by atoms with van der Waals surface area (Å²) in [7, 11) is 0. The predicted molar refractivity (Wildman–Crippen MR) is 128 cm³/mol. The lowest BCUT2D eigenvalue weighted by atomic mass is 9.89. The lowest BCUT2D eigenvalue weighted by Gasteiger charge is -2.34. The molecule has 0 aliphatic carbocycles. The molecule has 3 heterocycles. The second-order valence-electron chi connectivity index (χ2n) is 9.92. The molecule has 2 amide bonds. The van der Waals surface area contributed by atoms with E-state index in [1.54, 1.807) is 0 Å². The second-order valence-corrected chi connectivity index (χ2v) is 9.92. The van der Waals surface area contributed by atoms with Crippen LogP contribution in [-0.4, -0.2) is 50.7 Å². The highest BCUT2D eigenvalue weighted by molar-refractivity contribution is 6.16. The van der Waals surface area contributed by atoms with E-state index in [0.29, 0.717) is 18.6 Å². The van der Waals surface area contributed by atoms with Gasteiger partial charge in [0.1, 0.15) is 17.5 Å². The molecule has 9 nitrogen and oxygen atoms in total. The van der Waals surface area contributed by atoms with E-state index in [2.05, 4.69) is 15.5 Å². The Hall–Kier alpha value is -3.91. The van der Waals surface area contributed by atoms with E-state index in [1.807, 2.05) is 6.92 Å². The third-order valence-corrected chi connectivity index (χ3v) is 7.17. The molecule has 0 spiro atoms. The third-order valence-electron chi connectivity index (χ3n) is 7.17. The van der Waals surface area contributed by atoms with Crippen molar-refractivity contribution in [1.29, 1.82) is 0 Å².